The minimum Gasteiger partial charge on any atom is -0.473 e. The monoisotopic (exact) mass is 328 g/mol. The molecule has 0 radical (unpaired) electrons. The van der Waals surface area contributed by atoms with Crippen molar-refractivity contribution in [3.63, 3.8) is 0 Å². The zero-order valence-corrected chi connectivity index (χ0v) is 12.7. The number of nitrogens with zero attached hydrogens (tertiary/aromatic N) is 1. The van der Waals surface area contributed by atoms with Crippen molar-refractivity contribution in [1.82, 2.24) is 10.2 Å². The number of halogens is 1. The van der Waals surface area contributed by atoms with Crippen molar-refractivity contribution in [3.05, 3.63) is 35.6 Å². The lowest BCUT2D eigenvalue weighted by Gasteiger charge is -2.26. The quantitative estimate of drug-likeness (QED) is 0.531. The number of rotatable bonds is 5. The number of carbonyl (C=O) groups is 2. The summed E-state index contributed by atoms with van der Waals surface area (Å²) in [4.78, 5) is 20.6. The molecule has 1 fully saturated rings. The molecule has 1 saturated heterocycles. The van der Waals surface area contributed by atoms with Crippen LogP contribution in [0.1, 0.15) is 5.56 Å². The van der Waals surface area contributed by atoms with E-state index in [1.54, 1.807) is 6.07 Å². The minimum absolute atomic E-state index is 0.133. The molecule has 2 rings (SSSR count). The molecule has 0 atom stereocenters. The Morgan fingerprint density at radius 3 is 2.35 bits per heavy atom. The van der Waals surface area contributed by atoms with E-state index in [0.29, 0.717) is 6.54 Å². The number of ether oxygens (including phenoxy) is 1. The molecule has 1 aromatic rings. The third kappa shape index (κ3) is 8.24. The minimum atomic E-state index is -1.82. The number of carboxylic acid groups (broad SMARTS) is 2. The fraction of sp³-hybridized carbons (Fsp3) is 0.467. The van der Waals surface area contributed by atoms with E-state index in [2.05, 4.69) is 10.2 Å². The first-order valence-electron chi connectivity index (χ1n) is 7.21. The van der Waals surface area contributed by atoms with E-state index in [-0.39, 0.29) is 5.82 Å². The van der Waals surface area contributed by atoms with Gasteiger partial charge < -0.3 is 20.3 Å². The molecular weight excluding hydrogens is 307 g/mol. The maximum Gasteiger partial charge on any atom is 0.414 e. The molecule has 1 aliphatic heterocycles. The summed E-state index contributed by atoms with van der Waals surface area (Å²) in [5.41, 5.74) is 0.731. The molecular formula is C15H21FN2O5. The molecule has 1 aromatic carbocycles. The van der Waals surface area contributed by atoms with Gasteiger partial charge in [0.2, 0.25) is 0 Å². The lowest BCUT2D eigenvalue weighted by atomic mass is 10.2. The number of nitrogens with one attached hydrogen (secondary N) is 1. The van der Waals surface area contributed by atoms with Crippen LogP contribution in [0.15, 0.2) is 24.3 Å². The second-order valence-electron chi connectivity index (χ2n) is 4.83. The van der Waals surface area contributed by atoms with Gasteiger partial charge in [-0.15, -0.1) is 0 Å². The molecule has 23 heavy (non-hydrogen) atoms. The van der Waals surface area contributed by atoms with Crippen molar-refractivity contribution in [2.45, 2.75) is 6.54 Å². The summed E-state index contributed by atoms with van der Waals surface area (Å²) < 4.78 is 18.6. The van der Waals surface area contributed by atoms with Crippen LogP contribution in [0, 0.1) is 5.82 Å². The van der Waals surface area contributed by atoms with Crippen molar-refractivity contribution >= 4 is 11.9 Å². The third-order valence-electron chi connectivity index (χ3n) is 3.16. The van der Waals surface area contributed by atoms with Gasteiger partial charge in [0.15, 0.2) is 0 Å². The van der Waals surface area contributed by atoms with E-state index in [9.17, 15) is 4.39 Å². The van der Waals surface area contributed by atoms with Crippen molar-refractivity contribution < 1.29 is 28.9 Å². The van der Waals surface area contributed by atoms with Crippen LogP contribution in [-0.4, -0.2) is 66.4 Å². The fourth-order valence-electron chi connectivity index (χ4n) is 1.93. The lowest BCUT2D eigenvalue weighted by molar-refractivity contribution is -0.159. The van der Waals surface area contributed by atoms with Gasteiger partial charge in [0.25, 0.3) is 0 Å². The molecule has 0 unspecified atom stereocenters. The molecule has 8 heteroatoms. The summed E-state index contributed by atoms with van der Waals surface area (Å²) in [6.45, 7) is 6.13. The summed E-state index contributed by atoms with van der Waals surface area (Å²) >= 11 is 0. The molecule has 0 aliphatic carbocycles. The van der Waals surface area contributed by atoms with Crippen molar-refractivity contribution in [2.24, 2.45) is 0 Å². The summed E-state index contributed by atoms with van der Waals surface area (Å²) in [5.74, 6) is -3.78. The lowest BCUT2D eigenvalue weighted by Crippen LogP contribution is -2.40. The Labute approximate surface area is 133 Å². The van der Waals surface area contributed by atoms with Crippen LogP contribution < -0.4 is 5.32 Å². The first-order chi connectivity index (χ1) is 11.0. The Morgan fingerprint density at radius 1 is 1.17 bits per heavy atom. The predicted octanol–water partition coefficient (Wildman–Crippen LogP) is 0.403. The van der Waals surface area contributed by atoms with E-state index in [0.717, 1.165) is 45.0 Å². The van der Waals surface area contributed by atoms with E-state index in [4.69, 9.17) is 24.5 Å². The van der Waals surface area contributed by atoms with Crippen LogP contribution in [0.2, 0.25) is 0 Å². The van der Waals surface area contributed by atoms with Gasteiger partial charge in [0.05, 0.1) is 13.2 Å². The SMILES string of the molecule is Fc1ccccc1CNCCN1CCOCC1.O=C(O)C(=O)O. The Hall–Kier alpha value is -2.03. The zero-order valence-electron chi connectivity index (χ0n) is 12.7. The van der Waals surface area contributed by atoms with Gasteiger partial charge in [-0.3, -0.25) is 4.90 Å². The maximum absolute atomic E-state index is 13.3. The Kier molecular flexibility index (Phi) is 8.81. The Balaban J connectivity index is 0.000000379. The molecule has 0 saturated carbocycles. The van der Waals surface area contributed by atoms with Gasteiger partial charge in [0, 0.05) is 38.3 Å². The maximum atomic E-state index is 13.3. The summed E-state index contributed by atoms with van der Waals surface area (Å²) in [6.07, 6.45) is 0. The first-order valence-corrected chi connectivity index (χ1v) is 7.21. The Morgan fingerprint density at radius 2 is 1.78 bits per heavy atom. The molecule has 0 bridgehead atoms. The fourth-order valence-corrected chi connectivity index (χ4v) is 1.93. The molecule has 0 spiro atoms. The number of aliphatic carboxylic acids is 2. The molecule has 0 aromatic heterocycles. The van der Waals surface area contributed by atoms with E-state index < -0.39 is 11.9 Å². The predicted molar refractivity (Wildman–Crippen MR) is 80.6 cm³/mol. The van der Waals surface area contributed by atoms with Crippen LogP contribution in [0.4, 0.5) is 4.39 Å². The van der Waals surface area contributed by atoms with Gasteiger partial charge in [-0.25, -0.2) is 14.0 Å². The normalized spacial score (nSPS) is 14.7. The molecule has 1 aliphatic rings. The van der Waals surface area contributed by atoms with Crippen molar-refractivity contribution in [2.75, 3.05) is 39.4 Å². The van der Waals surface area contributed by atoms with Crippen molar-refractivity contribution in [3.8, 4) is 0 Å². The van der Waals surface area contributed by atoms with E-state index in [1.807, 2.05) is 12.1 Å². The van der Waals surface area contributed by atoms with Crippen LogP contribution in [0.25, 0.3) is 0 Å². The highest BCUT2D eigenvalue weighted by Crippen LogP contribution is 2.05. The van der Waals surface area contributed by atoms with Crippen molar-refractivity contribution in [1.29, 1.82) is 0 Å². The van der Waals surface area contributed by atoms with Gasteiger partial charge in [0.1, 0.15) is 5.82 Å². The topological polar surface area (TPSA) is 99.1 Å². The third-order valence-corrected chi connectivity index (χ3v) is 3.16. The average Bonchev–Trinajstić information content (AvgIpc) is 2.54. The smallest absolute Gasteiger partial charge is 0.414 e. The standard InChI is InChI=1S/C13H19FN2O.C2H2O4/c14-13-4-2-1-3-12(13)11-15-5-6-16-7-9-17-10-8-16;3-1(4)2(5)6/h1-4,15H,5-11H2;(H,3,4)(H,5,6). The first kappa shape index (κ1) is 19.0. The van der Waals surface area contributed by atoms with Crippen LogP contribution in [0.3, 0.4) is 0 Å². The second kappa shape index (κ2) is 10.7. The molecule has 7 nitrogen and oxygen atoms in total. The summed E-state index contributed by atoms with van der Waals surface area (Å²) in [7, 11) is 0. The highest BCUT2D eigenvalue weighted by atomic mass is 19.1. The van der Waals surface area contributed by atoms with E-state index in [1.165, 1.54) is 6.07 Å². The van der Waals surface area contributed by atoms with Gasteiger partial charge in [-0.05, 0) is 6.07 Å². The van der Waals surface area contributed by atoms with Gasteiger partial charge >= 0.3 is 11.9 Å². The highest BCUT2D eigenvalue weighted by molar-refractivity contribution is 6.27. The summed E-state index contributed by atoms with van der Waals surface area (Å²) in [6, 6.07) is 6.89. The number of morpholine rings is 1. The van der Waals surface area contributed by atoms with Gasteiger partial charge in [-0.2, -0.15) is 0 Å². The highest BCUT2D eigenvalue weighted by Gasteiger charge is 2.09. The molecule has 3 N–H and O–H groups in total. The molecule has 0 amide bonds. The van der Waals surface area contributed by atoms with Gasteiger partial charge in [-0.1, -0.05) is 18.2 Å². The number of hydrogen-bond donors (Lipinski definition) is 3. The molecule has 1 heterocycles. The Bertz CT molecular complexity index is 494. The summed E-state index contributed by atoms with van der Waals surface area (Å²) in [5, 5.41) is 18.0. The largest absolute Gasteiger partial charge is 0.473 e. The number of benzene rings is 1. The van der Waals surface area contributed by atoms with Crippen LogP contribution in [0.5, 0.6) is 0 Å². The average molecular weight is 328 g/mol. The zero-order chi connectivity index (χ0) is 17.1. The number of hydrogen-bond acceptors (Lipinski definition) is 5. The van der Waals surface area contributed by atoms with Crippen LogP contribution in [-0.2, 0) is 20.9 Å². The van der Waals surface area contributed by atoms with E-state index >= 15 is 0 Å². The van der Waals surface area contributed by atoms with Crippen LogP contribution >= 0.6 is 0 Å². The number of carboxylic acids is 2. The second-order valence-corrected chi connectivity index (χ2v) is 4.83. The molecule has 128 valence electrons.